The summed E-state index contributed by atoms with van der Waals surface area (Å²) in [6.45, 7) is 2.53. The van der Waals surface area contributed by atoms with Crippen molar-refractivity contribution in [3.63, 3.8) is 0 Å². The summed E-state index contributed by atoms with van der Waals surface area (Å²) in [5.41, 5.74) is 0. The topological polar surface area (TPSA) is 29.5 Å². The maximum Gasteiger partial charge on any atom is 0.0575 e. The Hall–Kier alpha value is -0.0800. The van der Waals surface area contributed by atoms with E-state index in [2.05, 4.69) is 0 Å². The van der Waals surface area contributed by atoms with Crippen LogP contribution in [0.25, 0.3) is 0 Å². The molecule has 0 aromatic carbocycles. The molecule has 0 bridgehead atoms. The quantitative estimate of drug-likeness (QED) is 0.675. The lowest BCUT2D eigenvalue weighted by molar-refractivity contribution is 0.0357. The third kappa shape index (κ3) is 3.73. The lowest BCUT2D eigenvalue weighted by Gasteiger charge is -2.11. The zero-order chi connectivity index (χ0) is 8.10. The zero-order valence-electron chi connectivity index (χ0n) is 7.25. The molecule has 0 aromatic heterocycles. The second kappa shape index (κ2) is 4.73. The van der Waals surface area contributed by atoms with E-state index in [1.165, 1.54) is 25.7 Å². The van der Waals surface area contributed by atoms with Crippen molar-refractivity contribution in [3.8, 4) is 0 Å². The summed E-state index contributed by atoms with van der Waals surface area (Å²) in [5.74, 6) is 0. The Bertz CT molecular complexity index is 95.7. The van der Waals surface area contributed by atoms with Gasteiger partial charge in [-0.1, -0.05) is 12.8 Å². The highest BCUT2D eigenvalue weighted by molar-refractivity contribution is 4.66. The molecule has 1 N–H and O–H groups in total. The molecule has 0 spiro atoms. The van der Waals surface area contributed by atoms with Crippen LogP contribution in [0.1, 0.15) is 39.0 Å². The van der Waals surface area contributed by atoms with Crippen molar-refractivity contribution >= 4 is 0 Å². The van der Waals surface area contributed by atoms with Crippen LogP contribution in [0, 0.1) is 0 Å². The van der Waals surface area contributed by atoms with Crippen LogP contribution >= 0.6 is 0 Å². The SMILES string of the molecule is CC(O)CCOC1CCCC1. The maximum absolute atomic E-state index is 8.95. The minimum Gasteiger partial charge on any atom is -0.393 e. The van der Waals surface area contributed by atoms with Gasteiger partial charge in [0.2, 0.25) is 0 Å². The predicted molar refractivity (Wildman–Crippen MR) is 44.5 cm³/mol. The van der Waals surface area contributed by atoms with E-state index < -0.39 is 0 Å². The van der Waals surface area contributed by atoms with E-state index in [1.807, 2.05) is 0 Å². The first-order valence-corrected chi connectivity index (χ1v) is 4.58. The summed E-state index contributed by atoms with van der Waals surface area (Å²) in [6.07, 6.45) is 6.14. The van der Waals surface area contributed by atoms with Crippen molar-refractivity contribution in [3.05, 3.63) is 0 Å². The molecule has 1 aliphatic carbocycles. The lowest BCUT2D eigenvalue weighted by atomic mass is 10.3. The fourth-order valence-corrected chi connectivity index (χ4v) is 1.46. The van der Waals surface area contributed by atoms with Crippen LogP contribution in [-0.2, 0) is 4.74 Å². The summed E-state index contributed by atoms with van der Waals surface area (Å²) < 4.78 is 5.55. The van der Waals surface area contributed by atoms with Gasteiger partial charge in [-0.2, -0.15) is 0 Å². The Morgan fingerprint density at radius 1 is 1.45 bits per heavy atom. The van der Waals surface area contributed by atoms with Crippen LogP contribution in [0.5, 0.6) is 0 Å². The molecule has 0 aliphatic heterocycles. The second-order valence-corrected chi connectivity index (χ2v) is 3.41. The fraction of sp³-hybridized carbons (Fsp3) is 1.00. The predicted octanol–water partition coefficient (Wildman–Crippen LogP) is 1.72. The molecule has 1 aliphatic rings. The third-order valence-corrected chi connectivity index (χ3v) is 2.19. The number of ether oxygens (including phenoxy) is 1. The summed E-state index contributed by atoms with van der Waals surface area (Å²) >= 11 is 0. The van der Waals surface area contributed by atoms with Gasteiger partial charge in [-0.3, -0.25) is 0 Å². The highest BCUT2D eigenvalue weighted by atomic mass is 16.5. The van der Waals surface area contributed by atoms with Crippen LogP contribution in [0.3, 0.4) is 0 Å². The van der Waals surface area contributed by atoms with Gasteiger partial charge in [-0.05, 0) is 26.2 Å². The molecule has 1 atom stereocenters. The molecule has 0 amide bonds. The average Bonchev–Trinajstić information content (AvgIpc) is 2.39. The fourth-order valence-electron chi connectivity index (χ4n) is 1.46. The first kappa shape index (κ1) is 9.01. The third-order valence-electron chi connectivity index (χ3n) is 2.19. The Morgan fingerprint density at radius 3 is 2.64 bits per heavy atom. The minimum atomic E-state index is -0.212. The molecule has 0 radical (unpaired) electrons. The highest BCUT2D eigenvalue weighted by Gasteiger charge is 2.14. The number of aliphatic hydroxyl groups excluding tert-OH is 1. The number of hydrogen-bond acceptors (Lipinski definition) is 2. The highest BCUT2D eigenvalue weighted by Crippen LogP contribution is 2.20. The van der Waals surface area contributed by atoms with Crippen LogP contribution < -0.4 is 0 Å². The normalized spacial score (nSPS) is 22.4. The molecule has 1 rings (SSSR count). The second-order valence-electron chi connectivity index (χ2n) is 3.41. The maximum atomic E-state index is 8.95. The van der Waals surface area contributed by atoms with Crippen molar-refractivity contribution in [2.24, 2.45) is 0 Å². The molecule has 0 saturated heterocycles. The Morgan fingerprint density at radius 2 is 2.09 bits per heavy atom. The van der Waals surface area contributed by atoms with Gasteiger partial charge >= 0.3 is 0 Å². The Kier molecular flexibility index (Phi) is 3.87. The van der Waals surface area contributed by atoms with Gasteiger partial charge < -0.3 is 9.84 Å². The monoisotopic (exact) mass is 158 g/mol. The van der Waals surface area contributed by atoms with Crippen molar-refractivity contribution < 1.29 is 9.84 Å². The van der Waals surface area contributed by atoms with E-state index in [0.29, 0.717) is 6.10 Å². The Balaban J connectivity index is 1.94. The lowest BCUT2D eigenvalue weighted by Crippen LogP contribution is -2.12. The molecule has 1 saturated carbocycles. The molecule has 1 unspecified atom stereocenters. The molecular weight excluding hydrogens is 140 g/mol. The number of rotatable bonds is 4. The van der Waals surface area contributed by atoms with E-state index in [1.54, 1.807) is 6.92 Å². The van der Waals surface area contributed by atoms with E-state index in [9.17, 15) is 0 Å². The molecule has 0 heterocycles. The van der Waals surface area contributed by atoms with Gasteiger partial charge in [-0.15, -0.1) is 0 Å². The van der Waals surface area contributed by atoms with E-state index in [0.717, 1.165) is 13.0 Å². The summed E-state index contributed by atoms with van der Waals surface area (Å²) in [6, 6.07) is 0. The molecule has 0 aromatic rings. The van der Waals surface area contributed by atoms with Gasteiger partial charge in [0.05, 0.1) is 12.2 Å². The van der Waals surface area contributed by atoms with E-state index >= 15 is 0 Å². The molecule has 11 heavy (non-hydrogen) atoms. The van der Waals surface area contributed by atoms with Gasteiger partial charge in [0.25, 0.3) is 0 Å². The molecule has 1 fully saturated rings. The molecule has 2 heteroatoms. The van der Waals surface area contributed by atoms with E-state index in [-0.39, 0.29) is 6.10 Å². The standard InChI is InChI=1S/C9H18O2/c1-8(10)6-7-11-9-4-2-3-5-9/h8-10H,2-7H2,1H3. The van der Waals surface area contributed by atoms with Gasteiger partial charge in [0.15, 0.2) is 0 Å². The van der Waals surface area contributed by atoms with E-state index in [4.69, 9.17) is 9.84 Å². The van der Waals surface area contributed by atoms with Crippen LogP contribution in [-0.4, -0.2) is 23.9 Å². The number of hydrogen-bond donors (Lipinski definition) is 1. The molecule has 66 valence electrons. The van der Waals surface area contributed by atoms with Crippen molar-refractivity contribution in [2.75, 3.05) is 6.61 Å². The summed E-state index contributed by atoms with van der Waals surface area (Å²) in [4.78, 5) is 0. The van der Waals surface area contributed by atoms with Crippen LogP contribution in [0.4, 0.5) is 0 Å². The van der Waals surface area contributed by atoms with Crippen molar-refractivity contribution in [1.82, 2.24) is 0 Å². The molecule has 2 nitrogen and oxygen atoms in total. The Labute approximate surface area is 68.6 Å². The summed E-state index contributed by atoms with van der Waals surface area (Å²) in [5, 5.41) is 8.95. The first-order valence-electron chi connectivity index (χ1n) is 4.58. The zero-order valence-corrected chi connectivity index (χ0v) is 7.25. The largest absolute Gasteiger partial charge is 0.393 e. The van der Waals surface area contributed by atoms with Gasteiger partial charge in [0.1, 0.15) is 0 Å². The van der Waals surface area contributed by atoms with Gasteiger partial charge in [-0.25, -0.2) is 0 Å². The van der Waals surface area contributed by atoms with Crippen LogP contribution in [0.15, 0.2) is 0 Å². The smallest absolute Gasteiger partial charge is 0.0575 e. The van der Waals surface area contributed by atoms with Crippen LogP contribution in [0.2, 0.25) is 0 Å². The van der Waals surface area contributed by atoms with Gasteiger partial charge in [0, 0.05) is 6.61 Å². The van der Waals surface area contributed by atoms with Crippen molar-refractivity contribution in [1.29, 1.82) is 0 Å². The molecular formula is C9H18O2. The van der Waals surface area contributed by atoms with Crippen molar-refractivity contribution in [2.45, 2.75) is 51.2 Å². The minimum absolute atomic E-state index is 0.212. The number of aliphatic hydroxyl groups is 1. The average molecular weight is 158 g/mol. The first-order chi connectivity index (χ1) is 5.29. The summed E-state index contributed by atoms with van der Waals surface area (Å²) in [7, 11) is 0.